The highest BCUT2D eigenvalue weighted by Gasteiger charge is 2.76. The SMILES string of the molecule is C=CCCC(=O)OC[C@H](NC(=O)[C@H]1[C@@H]2O[C@@]3(CC2Br)[C@@H]1C(=O)N(CCCO)[C@@H]3C(=O)N(CC=C)C(C)CCC)c1ccccc1. The van der Waals surface area contributed by atoms with Gasteiger partial charge in [0.05, 0.1) is 24.0 Å². The van der Waals surface area contributed by atoms with Crippen LogP contribution in [0.4, 0.5) is 0 Å². The van der Waals surface area contributed by atoms with Crippen LogP contribution in [0.1, 0.15) is 64.0 Å². The molecule has 10 nitrogen and oxygen atoms in total. The highest BCUT2D eigenvalue weighted by molar-refractivity contribution is 9.09. The lowest BCUT2D eigenvalue weighted by molar-refractivity contribution is -0.149. The van der Waals surface area contributed by atoms with E-state index in [4.69, 9.17) is 9.47 Å². The summed E-state index contributed by atoms with van der Waals surface area (Å²) >= 11 is 3.72. The Labute approximate surface area is 274 Å². The number of amides is 3. The summed E-state index contributed by atoms with van der Waals surface area (Å²) in [5.74, 6) is -3.13. The first-order valence-corrected chi connectivity index (χ1v) is 16.8. The average molecular weight is 689 g/mol. The van der Waals surface area contributed by atoms with E-state index in [9.17, 15) is 24.3 Å². The van der Waals surface area contributed by atoms with Gasteiger partial charge in [-0.2, -0.15) is 0 Å². The average Bonchev–Trinajstić information content (AvgIpc) is 3.62. The number of aliphatic hydroxyl groups excluding tert-OH is 1. The van der Waals surface area contributed by atoms with E-state index >= 15 is 0 Å². The second-order valence-electron chi connectivity index (χ2n) is 12.2. The van der Waals surface area contributed by atoms with Crippen molar-refractivity contribution in [2.75, 3.05) is 26.3 Å². The number of halogens is 1. The zero-order valence-electron chi connectivity index (χ0n) is 26.2. The van der Waals surface area contributed by atoms with Gasteiger partial charge in [-0.3, -0.25) is 19.2 Å². The van der Waals surface area contributed by atoms with E-state index in [1.165, 1.54) is 4.90 Å². The molecule has 3 aliphatic rings. The lowest BCUT2D eigenvalue weighted by Crippen LogP contribution is -2.58. The number of rotatable bonds is 17. The zero-order valence-corrected chi connectivity index (χ0v) is 27.8. The van der Waals surface area contributed by atoms with Gasteiger partial charge in [-0.05, 0) is 38.2 Å². The second kappa shape index (κ2) is 15.5. The number of carbonyl (C=O) groups excluding carboxylic acids is 4. The third kappa shape index (κ3) is 7.05. The molecule has 1 aromatic carbocycles. The third-order valence-electron chi connectivity index (χ3n) is 9.21. The van der Waals surface area contributed by atoms with Crippen molar-refractivity contribution in [3.8, 4) is 0 Å². The predicted molar refractivity (Wildman–Crippen MR) is 173 cm³/mol. The number of ether oxygens (including phenoxy) is 2. The summed E-state index contributed by atoms with van der Waals surface area (Å²) in [6.45, 7) is 11.8. The number of fused-ring (bicyclic) bond motifs is 1. The largest absolute Gasteiger partial charge is 0.463 e. The minimum atomic E-state index is -1.21. The molecule has 11 heteroatoms. The number of esters is 1. The molecule has 0 saturated carbocycles. The van der Waals surface area contributed by atoms with Crippen LogP contribution in [-0.4, -0.2) is 93.5 Å². The van der Waals surface area contributed by atoms with Gasteiger partial charge in [-0.15, -0.1) is 13.2 Å². The van der Waals surface area contributed by atoms with Crippen LogP contribution < -0.4 is 5.32 Å². The smallest absolute Gasteiger partial charge is 0.306 e. The van der Waals surface area contributed by atoms with Gasteiger partial charge < -0.3 is 29.7 Å². The van der Waals surface area contributed by atoms with Crippen molar-refractivity contribution in [2.24, 2.45) is 11.8 Å². The molecule has 0 aliphatic carbocycles. The molecule has 3 aliphatic heterocycles. The summed E-state index contributed by atoms with van der Waals surface area (Å²) in [4.78, 5) is 58.2. The monoisotopic (exact) mass is 687 g/mol. The molecule has 2 bridgehead atoms. The lowest BCUT2D eigenvalue weighted by Gasteiger charge is -2.39. The number of nitrogens with one attached hydrogen (secondary N) is 1. The maximum absolute atomic E-state index is 14.4. The highest BCUT2D eigenvalue weighted by Crippen LogP contribution is 2.60. The van der Waals surface area contributed by atoms with E-state index < -0.39 is 47.5 Å². The first kappa shape index (κ1) is 34.8. The molecule has 4 rings (SSSR count). The highest BCUT2D eigenvalue weighted by atomic mass is 79.9. The Morgan fingerprint density at radius 1 is 1.27 bits per heavy atom. The van der Waals surface area contributed by atoms with Gasteiger partial charge in [-0.1, -0.05) is 71.8 Å². The van der Waals surface area contributed by atoms with Gasteiger partial charge in [0.2, 0.25) is 17.7 Å². The number of allylic oxidation sites excluding steroid dienone is 1. The summed E-state index contributed by atoms with van der Waals surface area (Å²) in [6.07, 6.45) is 5.68. The van der Waals surface area contributed by atoms with Crippen molar-refractivity contribution in [2.45, 2.75) is 87.0 Å². The fourth-order valence-electron chi connectivity index (χ4n) is 7.19. The van der Waals surface area contributed by atoms with E-state index in [-0.39, 0.29) is 55.3 Å². The van der Waals surface area contributed by atoms with Crippen LogP contribution in [0.15, 0.2) is 55.6 Å². The number of likely N-dealkylation sites (tertiary alicyclic amines) is 1. The van der Waals surface area contributed by atoms with Gasteiger partial charge in [0.1, 0.15) is 18.2 Å². The maximum Gasteiger partial charge on any atom is 0.306 e. The fraction of sp³-hybridized carbons (Fsp3) is 0.588. The molecular weight excluding hydrogens is 642 g/mol. The van der Waals surface area contributed by atoms with Crippen LogP contribution in [0.5, 0.6) is 0 Å². The van der Waals surface area contributed by atoms with Gasteiger partial charge >= 0.3 is 5.97 Å². The normalized spacial score (nSPS) is 27.9. The van der Waals surface area contributed by atoms with Crippen LogP contribution in [0.25, 0.3) is 0 Å². The van der Waals surface area contributed by atoms with Crippen LogP contribution in [0.2, 0.25) is 0 Å². The first-order chi connectivity index (χ1) is 21.6. The van der Waals surface area contributed by atoms with Crippen LogP contribution >= 0.6 is 15.9 Å². The second-order valence-corrected chi connectivity index (χ2v) is 13.3. The van der Waals surface area contributed by atoms with Crippen LogP contribution in [-0.2, 0) is 28.7 Å². The molecule has 45 heavy (non-hydrogen) atoms. The number of hydrogen-bond donors (Lipinski definition) is 2. The van der Waals surface area contributed by atoms with Crippen molar-refractivity contribution in [3.05, 3.63) is 61.2 Å². The Morgan fingerprint density at radius 2 is 2.00 bits per heavy atom. The van der Waals surface area contributed by atoms with E-state index in [1.54, 1.807) is 17.1 Å². The van der Waals surface area contributed by atoms with Gasteiger partial charge in [0.15, 0.2) is 0 Å². The lowest BCUT2D eigenvalue weighted by atomic mass is 9.70. The van der Waals surface area contributed by atoms with Gasteiger partial charge in [-0.25, -0.2) is 0 Å². The number of alkyl halides is 1. The first-order valence-electron chi connectivity index (χ1n) is 15.9. The third-order valence-corrected chi connectivity index (χ3v) is 10.1. The summed E-state index contributed by atoms with van der Waals surface area (Å²) in [5.41, 5.74) is -0.466. The van der Waals surface area contributed by atoms with E-state index in [1.807, 2.05) is 37.3 Å². The van der Waals surface area contributed by atoms with Crippen molar-refractivity contribution < 1.29 is 33.8 Å². The summed E-state index contributed by atoms with van der Waals surface area (Å²) in [7, 11) is 0. The molecular formula is C34H46BrN3O7. The number of aliphatic hydroxyl groups is 1. The molecule has 2 N–H and O–H groups in total. The minimum absolute atomic E-state index is 0.0823. The Bertz CT molecular complexity index is 1250. The molecule has 3 heterocycles. The number of carbonyl (C=O) groups is 4. The Morgan fingerprint density at radius 3 is 2.64 bits per heavy atom. The minimum Gasteiger partial charge on any atom is -0.463 e. The zero-order chi connectivity index (χ0) is 32.7. The van der Waals surface area contributed by atoms with Crippen LogP contribution in [0, 0.1) is 11.8 Å². The van der Waals surface area contributed by atoms with Crippen LogP contribution in [0.3, 0.4) is 0 Å². The maximum atomic E-state index is 14.4. The Kier molecular flexibility index (Phi) is 12.0. The molecule has 8 atom stereocenters. The van der Waals surface area contributed by atoms with Crippen molar-refractivity contribution in [1.29, 1.82) is 0 Å². The molecule has 1 aromatic rings. The predicted octanol–water partition coefficient (Wildman–Crippen LogP) is 3.69. The van der Waals surface area contributed by atoms with Gasteiger partial charge in [0.25, 0.3) is 0 Å². The van der Waals surface area contributed by atoms with Crippen molar-refractivity contribution in [1.82, 2.24) is 15.1 Å². The Hall–Kier alpha value is -3.02. The number of nitrogens with zero attached hydrogens (tertiary/aromatic N) is 2. The number of benzene rings is 1. The molecule has 0 aromatic heterocycles. The van der Waals surface area contributed by atoms with Gasteiger partial charge in [0, 0.05) is 37.0 Å². The quantitative estimate of drug-likeness (QED) is 0.145. The summed E-state index contributed by atoms with van der Waals surface area (Å²) in [6, 6.07) is 7.51. The molecule has 2 unspecified atom stereocenters. The van der Waals surface area contributed by atoms with Crippen molar-refractivity contribution in [3.63, 3.8) is 0 Å². The topological polar surface area (TPSA) is 125 Å². The molecule has 3 saturated heterocycles. The molecule has 246 valence electrons. The standard InChI is InChI=1S/C34H46BrN3O7/c1-5-8-16-26(40)44-21-25(23-14-10-9-11-15-23)36-31(41)27-28-32(42)38(18-12-19-39)30(34(28)20-24(35)29(27)45-34)33(43)37(17-7-3)22(4)13-6-2/h5,7,9-11,14-15,22,24-25,27-30,39H,1,3,6,8,12-13,16-21H2,2,4H3,(H,36,41)/t22?,24?,25-,27+,28-,29+,30+,34-/m0/s1. The number of hydrogen-bond acceptors (Lipinski definition) is 7. The Balaban J connectivity index is 1.66. The molecule has 0 radical (unpaired) electrons. The molecule has 1 spiro atoms. The van der Waals surface area contributed by atoms with Crippen molar-refractivity contribution >= 4 is 39.6 Å². The summed E-state index contributed by atoms with van der Waals surface area (Å²) in [5, 5.41) is 12.7. The molecule has 3 fully saturated rings. The van der Waals surface area contributed by atoms with E-state index in [0.717, 1.165) is 18.4 Å². The van der Waals surface area contributed by atoms with E-state index in [0.29, 0.717) is 19.4 Å². The fourth-order valence-corrected chi connectivity index (χ4v) is 8.13. The summed E-state index contributed by atoms with van der Waals surface area (Å²) < 4.78 is 12.2. The van der Waals surface area contributed by atoms with E-state index in [2.05, 4.69) is 41.3 Å². The molecule has 3 amide bonds.